The van der Waals surface area contributed by atoms with Gasteiger partial charge in [-0.3, -0.25) is 4.90 Å². The van der Waals surface area contributed by atoms with E-state index in [1.165, 1.54) is 11.3 Å². The molecule has 1 aliphatic rings. The second-order valence-corrected chi connectivity index (χ2v) is 6.32. The molecular weight excluding hydrogens is 298 g/mol. The summed E-state index contributed by atoms with van der Waals surface area (Å²) in [7, 11) is 0. The Bertz CT molecular complexity index is 717. The minimum absolute atomic E-state index is 0.675. The van der Waals surface area contributed by atoms with Gasteiger partial charge in [0.05, 0.1) is 12.2 Å². The zero-order chi connectivity index (χ0) is 14.8. The number of fused-ring (bicyclic) bond motifs is 1. The van der Waals surface area contributed by atoms with E-state index in [1.54, 1.807) is 24.0 Å². The topological polar surface area (TPSA) is 64.7 Å². The van der Waals surface area contributed by atoms with E-state index < -0.39 is 0 Å². The average molecular weight is 315 g/mol. The van der Waals surface area contributed by atoms with Crippen LogP contribution in [0, 0.1) is 0 Å². The van der Waals surface area contributed by atoms with Crippen molar-refractivity contribution in [3.63, 3.8) is 0 Å². The molecule has 22 heavy (non-hydrogen) atoms. The highest BCUT2D eigenvalue weighted by Gasteiger charge is 2.20. The molecule has 4 heterocycles. The highest BCUT2D eigenvalue weighted by Crippen LogP contribution is 2.18. The molecule has 0 saturated carbocycles. The molecule has 3 aromatic rings. The predicted molar refractivity (Wildman–Crippen MR) is 82.2 cm³/mol. The first-order valence-electron chi connectivity index (χ1n) is 7.35. The molecule has 4 rings (SSSR count). The van der Waals surface area contributed by atoms with Crippen molar-refractivity contribution in [2.24, 2.45) is 0 Å². The van der Waals surface area contributed by atoms with E-state index in [2.05, 4.69) is 42.2 Å². The van der Waals surface area contributed by atoms with E-state index in [0.29, 0.717) is 6.54 Å². The van der Waals surface area contributed by atoms with Crippen LogP contribution >= 0.6 is 11.3 Å². The summed E-state index contributed by atoms with van der Waals surface area (Å²) in [6.45, 7) is 4.58. The van der Waals surface area contributed by atoms with Crippen molar-refractivity contribution < 1.29 is 0 Å². The number of nitrogens with zero attached hydrogens (tertiary/aromatic N) is 7. The summed E-state index contributed by atoms with van der Waals surface area (Å²) >= 11 is 1.75. The normalized spacial score (nSPS) is 15.6. The number of rotatable bonds is 4. The van der Waals surface area contributed by atoms with Crippen LogP contribution in [0.5, 0.6) is 0 Å². The summed E-state index contributed by atoms with van der Waals surface area (Å²) in [6, 6.07) is 2.20. The summed E-state index contributed by atoms with van der Waals surface area (Å²) in [5.74, 6) is 0. The molecule has 0 aliphatic carbocycles. The highest BCUT2D eigenvalue weighted by molar-refractivity contribution is 7.07. The zero-order valence-corrected chi connectivity index (χ0v) is 13.0. The van der Waals surface area contributed by atoms with Crippen LogP contribution in [0.15, 0.2) is 29.5 Å². The first-order chi connectivity index (χ1) is 10.9. The third-order valence-electron chi connectivity index (χ3n) is 3.92. The second-order valence-electron chi connectivity index (χ2n) is 5.54. The molecule has 0 spiro atoms. The van der Waals surface area contributed by atoms with E-state index in [-0.39, 0.29) is 0 Å². The smallest absolute Gasteiger partial charge is 0.119 e. The minimum atomic E-state index is 0.675. The van der Waals surface area contributed by atoms with Crippen molar-refractivity contribution in [2.45, 2.75) is 32.6 Å². The van der Waals surface area contributed by atoms with Crippen molar-refractivity contribution in [3.8, 4) is 0 Å². The number of hydrogen-bond acceptors (Lipinski definition) is 6. The van der Waals surface area contributed by atoms with Gasteiger partial charge in [0.15, 0.2) is 0 Å². The molecule has 1 aliphatic heterocycles. The van der Waals surface area contributed by atoms with Gasteiger partial charge in [-0.05, 0) is 28.8 Å². The average Bonchev–Trinajstić information content (AvgIpc) is 3.24. The Balaban J connectivity index is 1.55. The highest BCUT2D eigenvalue weighted by atomic mass is 32.1. The van der Waals surface area contributed by atoms with Crippen LogP contribution in [0.3, 0.4) is 0 Å². The zero-order valence-electron chi connectivity index (χ0n) is 12.2. The van der Waals surface area contributed by atoms with Crippen LogP contribution in [0.25, 0.3) is 0 Å². The first kappa shape index (κ1) is 13.6. The molecule has 0 fully saturated rings. The molecule has 7 nitrogen and oxygen atoms in total. The lowest BCUT2D eigenvalue weighted by atomic mass is 10.2. The monoisotopic (exact) mass is 315 g/mol. The molecule has 0 saturated heterocycles. The van der Waals surface area contributed by atoms with Crippen molar-refractivity contribution in [3.05, 3.63) is 46.4 Å². The van der Waals surface area contributed by atoms with Gasteiger partial charge in [-0.2, -0.15) is 11.3 Å². The Kier molecular flexibility index (Phi) is 3.69. The summed E-state index contributed by atoms with van der Waals surface area (Å²) in [4.78, 5) is 2.47. The summed E-state index contributed by atoms with van der Waals surface area (Å²) in [6.07, 6.45) is 4.53. The molecule has 0 bridgehead atoms. The van der Waals surface area contributed by atoms with Gasteiger partial charge in [0.25, 0.3) is 0 Å². The van der Waals surface area contributed by atoms with Gasteiger partial charge in [0.2, 0.25) is 0 Å². The molecule has 0 radical (unpaired) electrons. The second kappa shape index (κ2) is 5.98. The maximum absolute atomic E-state index is 4.36. The van der Waals surface area contributed by atoms with Crippen LogP contribution in [0.1, 0.15) is 23.4 Å². The van der Waals surface area contributed by atoms with E-state index in [1.807, 2.05) is 9.25 Å². The van der Waals surface area contributed by atoms with Gasteiger partial charge in [0, 0.05) is 26.2 Å². The fraction of sp³-hybridized carbons (Fsp3) is 0.429. The molecule has 0 atom stereocenters. The van der Waals surface area contributed by atoms with Crippen molar-refractivity contribution >= 4 is 11.3 Å². The minimum Gasteiger partial charge on any atom is -0.314 e. The van der Waals surface area contributed by atoms with E-state index >= 15 is 0 Å². The predicted octanol–water partition coefficient (Wildman–Crippen LogP) is 1.39. The van der Waals surface area contributed by atoms with Gasteiger partial charge in [-0.1, -0.05) is 5.21 Å². The van der Waals surface area contributed by atoms with Crippen molar-refractivity contribution in [1.82, 2.24) is 34.7 Å². The Morgan fingerprint density at radius 3 is 2.86 bits per heavy atom. The number of aromatic nitrogens is 6. The molecule has 0 aromatic carbocycles. The molecule has 8 heteroatoms. The van der Waals surface area contributed by atoms with Crippen LogP contribution in [-0.2, 0) is 26.2 Å². The summed E-state index contributed by atoms with van der Waals surface area (Å²) < 4.78 is 3.98. The van der Waals surface area contributed by atoms with Gasteiger partial charge in [-0.15, -0.1) is 15.3 Å². The molecular formula is C14H17N7S. The van der Waals surface area contributed by atoms with Crippen LogP contribution in [-0.4, -0.2) is 41.2 Å². The maximum atomic E-state index is 4.36. The Hall–Kier alpha value is -2.06. The third kappa shape index (κ3) is 2.79. The molecule has 0 amide bonds. The number of hydrogen-bond donors (Lipinski definition) is 0. The van der Waals surface area contributed by atoms with Gasteiger partial charge >= 0.3 is 0 Å². The molecule has 3 aromatic heterocycles. The lowest BCUT2D eigenvalue weighted by molar-refractivity contribution is 0.260. The Morgan fingerprint density at radius 2 is 2.05 bits per heavy atom. The van der Waals surface area contributed by atoms with E-state index in [4.69, 9.17) is 0 Å². The molecule has 0 unspecified atom stereocenters. The third-order valence-corrected chi connectivity index (χ3v) is 4.65. The lowest BCUT2D eigenvalue weighted by Crippen LogP contribution is -2.23. The van der Waals surface area contributed by atoms with Crippen LogP contribution in [0.4, 0.5) is 0 Å². The van der Waals surface area contributed by atoms with Crippen LogP contribution < -0.4 is 0 Å². The van der Waals surface area contributed by atoms with Crippen molar-refractivity contribution in [2.75, 3.05) is 6.54 Å². The fourth-order valence-corrected chi connectivity index (χ4v) is 3.49. The SMILES string of the molecule is c1cc(CN2CCCn3nnc(Cn4cnnc4)c3C2)cs1. The van der Waals surface area contributed by atoms with Gasteiger partial charge in [0.1, 0.15) is 18.3 Å². The Labute approximate surface area is 132 Å². The standard InChI is InChI=1S/C14H17N7S/c1-3-19(6-12-2-5-22-9-12)8-14-13(17-18-21(14)4-1)7-20-10-15-16-11-20/h2,5,9-11H,1,3-4,6-8H2. The molecule has 0 N–H and O–H groups in total. The largest absolute Gasteiger partial charge is 0.314 e. The fourth-order valence-electron chi connectivity index (χ4n) is 2.83. The lowest BCUT2D eigenvalue weighted by Gasteiger charge is -2.19. The Morgan fingerprint density at radius 1 is 1.14 bits per heavy atom. The number of thiophene rings is 1. The van der Waals surface area contributed by atoms with Crippen LogP contribution in [0.2, 0.25) is 0 Å². The van der Waals surface area contributed by atoms with Gasteiger partial charge < -0.3 is 4.57 Å². The van der Waals surface area contributed by atoms with Gasteiger partial charge in [-0.25, -0.2) is 4.68 Å². The number of aryl methyl sites for hydroxylation is 1. The van der Waals surface area contributed by atoms with E-state index in [0.717, 1.165) is 38.3 Å². The first-order valence-corrected chi connectivity index (χ1v) is 8.30. The van der Waals surface area contributed by atoms with Crippen molar-refractivity contribution in [1.29, 1.82) is 0 Å². The quantitative estimate of drug-likeness (QED) is 0.728. The molecule has 114 valence electrons. The summed E-state index contributed by atoms with van der Waals surface area (Å²) in [5, 5.41) is 20.7. The van der Waals surface area contributed by atoms with E-state index in [9.17, 15) is 0 Å². The maximum Gasteiger partial charge on any atom is 0.119 e. The summed E-state index contributed by atoms with van der Waals surface area (Å²) in [5.41, 5.74) is 3.60.